The van der Waals surface area contributed by atoms with Crippen LogP contribution < -0.4 is 16.4 Å². The Morgan fingerprint density at radius 2 is 1.63 bits per heavy atom. The lowest BCUT2D eigenvalue weighted by Gasteiger charge is -2.41. The lowest BCUT2D eigenvalue weighted by atomic mass is 9.83. The Labute approximate surface area is 307 Å². The number of aromatic nitrogens is 1. The third-order valence-electron chi connectivity index (χ3n) is 8.48. The molecule has 1 aromatic heterocycles. The van der Waals surface area contributed by atoms with Gasteiger partial charge in [-0.25, -0.2) is 8.78 Å². The van der Waals surface area contributed by atoms with E-state index in [0.29, 0.717) is 31.6 Å². The molecule has 0 saturated heterocycles. The molecule has 1 unspecified atom stereocenters. The smallest absolute Gasteiger partial charge is 0.254 e. The highest BCUT2D eigenvalue weighted by molar-refractivity contribution is 8.01. The van der Waals surface area contributed by atoms with Crippen LogP contribution in [0.2, 0.25) is 0 Å². The molecule has 3 aromatic rings. The van der Waals surface area contributed by atoms with E-state index in [1.165, 1.54) is 17.8 Å². The minimum atomic E-state index is -0.612. The largest absolute Gasteiger partial charge is 0.353 e. The second-order valence-corrected chi connectivity index (χ2v) is 14.9. The van der Waals surface area contributed by atoms with Gasteiger partial charge >= 0.3 is 0 Å². The SMILES string of the molecule is CC(SCC(=O)N(CCCN)[C@@H](c1cc(-c2cc(F)ccc2F)cn1Cc1ccccc1)C(C)(C)C)C(=O)NCCNC(=O)CN1C(=O)C=CC1=O. The molecule has 4 N–H and O–H groups in total. The van der Waals surface area contributed by atoms with Crippen molar-refractivity contribution in [2.45, 2.75) is 52.0 Å². The number of imide groups is 1. The first kappa shape index (κ1) is 40.0. The number of nitrogens with two attached hydrogens (primary N) is 1. The van der Waals surface area contributed by atoms with Crippen molar-refractivity contribution < 1.29 is 32.8 Å². The van der Waals surface area contributed by atoms with Gasteiger partial charge in [0.2, 0.25) is 17.7 Å². The van der Waals surface area contributed by atoms with Crippen LogP contribution >= 0.6 is 11.8 Å². The van der Waals surface area contributed by atoms with Gasteiger partial charge in [-0.15, -0.1) is 11.8 Å². The Hall–Kier alpha value is -4.82. The summed E-state index contributed by atoms with van der Waals surface area (Å²) in [6, 6.07) is 14.4. The van der Waals surface area contributed by atoms with Gasteiger partial charge < -0.3 is 25.8 Å². The maximum absolute atomic E-state index is 15.1. The molecule has 2 aromatic carbocycles. The van der Waals surface area contributed by atoms with Crippen molar-refractivity contribution in [2.24, 2.45) is 11.1 Å². The molecule has 0 saturated carbocycles. The number of amides is 5. The first-order valence-electron chi connectivity index (χ1n) is 17.1. The highest BCUT2D eigenvalue weighted by Crippen LogP contribution is 2.41. The van der Waals surface area contributed by atoms with E-state index in [2.05, 4.69) is 10.6 Å². The number of rotatable bonds is 17. The Balaban J connectivity index is 1.48. The van der Waals surface area contributed by atoms with E-state index in [9.17, 15) is 28.4 Å². The van der Waals surface area contributed by atoms with Crippen molar-refractivity contribution in [1.29, 1.82) is 0 Å². The molecule has 2 heterocycles. The van der Waals surface area contributed by atoms with Crippen molar-refractivity contribution in [3.8, 4) is 11.1 Å². The van der Waals surface area contributed by atoms with Crippen LogP contribution in [0.5, 0.6) is 0 Å². The summed E-state index contributed by atoms with van der Waals surface area (Å²) in [6.07, 6.45) is 4.50. The lowest BCUT2D eigenvalue weighted by molar-refractivity contribution is -0.141. The molecule has 1 aliphatic rings. The molecular weight excluding hydrogens is 691 g/mol. The summed E-state index contributed by atoms with van der Waals surface area (Å²) in [4.78, 5) is 65.0. The van der Waals surface area contributed by atoms with Gasteiger partial charge in [-0.2, -0.15) is 0 Å². The summed E-state index contributed by atoms with van der Waals surface area (Å²) in [5, 5.41) is 4.68. The number of thioether (sulfide) groups is 1. The van der Waals surface area contributed by atoms with Gasteiger partial charge in [0.1, 0.15) is 18.2 Å². The van der Waals surface area contributed by atoms with Gasteiger partial charge in [0, 0.05) is 61.3 Å². The second kappa shape index (κ2) is 18.1. The van der Waals surface area contributed by atoms with Crippen molar-refractivity contribution in [2.75, 3.05) is 38.5 Å². The Bertz CT molecular complexity index is 1770. The fraction of sp³-hybridized carbons (Fsp3) is 0.395. The number of benzene rings is 2. The molecule has 2 atom stereocenters. The van der Waals surface area contributed by atoms with Crippen molar-refractivity contribution in [3.05, 3.63) is 95.8 Å². The highest BCUT2D eigenvalue weighted by atomic mass is 32.2. The van der Waals surface area contributed by atoms with E-state index in [4.69, 9.17) is 5.73 Å². The van der Waals surface area contributed by atoms with Crippen molar-refractivity contribution >= 4 is 41.3 Å². The number of nitrogens with one attached hydrogen (secondary N) is 2. The Morgan fingerprint density at radius 3 is 2.29 bits per heavy atom. The molecular formula is C38H46F2N6O5S. The molecule has 0 radical (unpaired) electrons. The van der Waals surface area contributed by atoms with Crippen LogP contribution in [0.1, 0.15) is 51.4 Å². The number of hydrogen-bond donors (Lipinski definition) is 3. The summed E-state index contributed by atoms with van der Waals surface area (Å²) in [7, 11) is 0. The summed E-state index contributed by atoms with van der Waals surface area (Å²) < 4.78 is 31.3. The zero-order chi connectivity index (χ0) is 38.0. The zero-order valence-electron chi connectivity index (χ0n) is 29.9. The average molecular weight is 737 g/mol. The van der Waals surface area contributed by atoms with Crippen LogP contribution in [0.25, 0.3) is 11.1 Å². The number of halogens is 2. The third-order valence-corrected chi connectivity index (χ3v) is 9.60. The minimum Gasteiger partial charge on any atom is -0.353 e. The molecule has 278 valence electrons. The van der Waals surface area contributed by atoms with Crippen LogP contribution in [-0.2, 0) is 30.5 Å². The molecule has 0 aliphatic carbocycles. The standard InChI is InChI=1S/C38H46F2N6O5S/c1-25(37(51)43-17-16-42-32(47)23-46-33(48)13-14-34(46)49)52-24-35(50)45(18-8-15-41)36(38(2,3)4)31-19-27(29-20-28(39)11-12-30(29)40)22-44(31)21-26-9-6-5-7-10-26/h5-7,9-14,19-20,22,25,36H,8,15-18,21,23-24,41H2,1-4H3,(H,42,47)(H,43,51)/t25?,36-/m0/s1. The first-order chi connectivity index (χ1) is 24.7. The molecule has 0 spiro atoms. The van der Waals surface area contributed by atoms with Crippen molar-refractivity contribution in [1.82, 2.24) is 25.0 Å². The van der Waals surface area contributed by atoms with E-state index in [0.717, 1.165) is 40.4 Å². The second-order valence-electron chi connectivity index (χ2n) is 13.6. The lowest BCUT2D eigenvalue weighted by Crippen LogP contribution is -2.44. The summed E-state index contributed by atoms with van der Waals surface area (Å²) in [5.41, 5.74) is 7.73. The number of carbonyl (C=O) groups excluding carboxylic acids is 5. The van der Waals surface area contributed by atoms with Gasteiger partial charge in [0.15, 0.2) is 0 Å². The summed E-state index contributed by atoms with van der Waals surface area (Å²) >= 11 is 1.17. The fourth-order valence-corrected chi connectivity index (χ4v) is 6.74. The molecule has 14 heteroatoms. The third kappa shape index (κ3) is 10.6. The summed E-state index contributed by atoms with van der Waals surface area (Å²) in [6.45, 7) is 8.60. The molecule has 11 nitrogen and oxygen atoms in total. The van der Waals surface area contributed by atoms with Gasteiger partial charge in [-0.05, 0) is 55.1 Å². The van der Waals surface area contributed by atoms with Crippen LogP contribution in [0.4, 0.5) is 8.78 Å². The highest BCUT2D eigenvalue weighted by Gasteiger charge is 2.37. The fourth-order valence-electron chi connectivity index (χ4n) is 5.94. The van der Waals surface area contributed by atoms with E-state index in [-0.39, 0.29) is 36.2 Å². The van der Waals surface area contributed by atoms with Gasteiger partial charge in [-0.3, -0.25) is 28.9 Å². The maximum atomic E-state index is 15.1. The van der Waals surface area contributed by atoms with Gasteiger partial charge in [0.05, 0.1) is 17.0 Å². The molecule has 52 heavy (non-hydrogen) atoms. The topological polar surface area (TPSA) is 147 Å². The molecule has 5 amide bonds. The number of hydrogen-bond acceptors (Lipinski definition) is 7. The average Bonchev–Trinajstić information content (AvgIpc) is 3.65. The van der Waals surface area contributed by atoms with E-state index in [1.807, 2.05) is 61.7 Å². The number of nitrogens with zero attached hydrogens (tertiary/aromatic N) is 3. The van der Waals surface area contributed by atoms with Gasteiger partial charge in [0.25, 0.3) is 11.8 Å². The summed E-state index contributed by atoms with van der Waals surface area (Å²) in [5.74, 6) is -3.35. The molecule has 1 aliphatic heterocycles. The van der Waals surface area contributed by atoms with Crippen LogP contribution in [-0.4, -0.2) is 87.6 Å². The van der Waals surface area contributed by atoms with Crippen LogP contribution in [0.15, 0.2) is 72.9 Å². The number of carbonyl (C=O) groups is 5. The predicted octanol–water partition coefficient (Wildman–Crippen LogP) is 4.03. The quantitative estimate of drug-likeness (QED) is 0.140. The zero-order valence-corrected chi connectivity index (χ0v) is 30.7. The normalized spacial score (nSPS) is 14.0. The molecule has 4 rings (SSSR count). The monoisotopic (exact) mass is 736 g/mol. The Morgan fingerprint density at radius 1 is 0.962 bits per heavy atom. The molecule has 0 bridgehead atoms. The van der Waals surface area contributed by atoms with Crippen LogP contribution in [0, 0.1) is 17.0 Å². The predicted molar refractivity (Wildman–Crippen MR) is 197 cm³/mol. The Kier molecular flexibility index (Phi) is 13.9. The first-order valence-corrected chi connectivity index (χ1v) is 18.1. The molecule has 0 fully saturated rings. The minimum absolute atomic E-state index is 0.0147. The van der Waals surface area contributed by atoms with E-state index < -0.39 is 52.6 Å². The maximum Gasteiger partial charge on any atom is 0.254 e. The van der Waals surface area contributed by atoms with E-state index in [1.54, 1.807) is 18.0 Å². The van der Waals surface area contributed by atoms with Gasteiger partial charge in [-0.1, -0.05) is 51.1 Å². The van der Waals surface area contributed by atoms with Crippen LogP contribution in [0.3, 0.4) is 0 Å². The van der Waals surface area contributed by atoms with Crippen molar-refractivity contribution in [3.63, 3.8) is 0 Å². The van der Waals surface area contributed by atoms with E-state index >= 15 is 4.39 Å².